The summed E-state index contributed by atoms with van der Waals surface area (Å²) in [6.45, 7) is 0.0781. The predicted octanol–water partition coefficient (Wildman–Crippen LogP) is 3.12. The Morgan fingerprint density at radius 3 is 2.56 bits per heavy atom. The molecule has 0 aliphatic carbocycles. The van der Waals surface area contributed by atoms with Gasteiger partial charge in [0.1, 0.15) is 11.9 Å². The standard InChI is InChI=1S/C13H13F2N3/c14-6-2-1-3-7-18(10-17)12-4-5-13(15)11(8-12)9-16/h4-5,8H,1-3,6-7H2. The Morgan fingerprint density at radius 2 is 1.94 bits per heavy atom. The molecule has 0 aliphatic rings. The zero-order valence-corrected chi connectivity index (χ0v) is 9.87. The van der Waals surface area contributed by atoms with Crippen molar-refractivity contribution in [3.8, 4) is 12.3 Å². The van der Waals surface area contributed by atoms with E-state index in [1.807, 2.05) is 6.19 Å². The summed E-state index contributed by atoms with van der Waals surface area (Å²) in [5, 5.41) is 17.7. The molecule has 0 unspecified atom stereocenters. The molecule has 3 nitrogen and oxygen atoms in total. The summed E-state index contributed by atoms with van der Waals surface area (Å²) in [6.07, 6.45) is 3.82. The Balaban J connectivity index is 2.71. The molecule has 1 aromatic rings. The first kappa shape index (κ1) is 13.9. The van der Waals surface area contributed by atoms with E-state index in [2.05, 4.69) is 0 Å². The molecule has 0 saturated carbocycles. The van der Waals surface area contributed by atoms with Crippen LogP contribution in [0.2, 0.25) is 0 Å². The van der Waals surface area contributed by atoms with Gasteiger partial charge in [-0.05, 0) is 37.5 Å². The summed E-state index contributed by atoms with van der Waals surface area (Å²) < 4.78 is 25.0. The fourth-order valence-corrected chi connectivity index (χ4v) is 1.54. The van der Waals surface area contributed by atoms with Crippen LogP contribution >= 0.6 is 0 Å². The molecule has 0 saturated heterocycles. The third kappa shape index (κ3) is 3.71. The summed E-state index contributed by atoms with van der Waals surface area (Å²) >= 11 is 0. The van der Waals surface area contributed by atoms with Gasteiger partial charge < -0.3 is 0 Å². The smallest absolute Gasteiger partial charge is 0.184 e. The van der Waals surface area contributed by atoms with Crippen LogP contribution in [0.5, 0.6) is 0 Å². The highest BCUT2D eigenvalue weighted by Gasteiger charge is 2.09. The summed E-state index contributed by atoms with van der Waals surface area (Å²) in [4.78, 5) is 1.37. The fraction of sp³-hybridized carbons (Fsp3) is 0.385. The number of hydrogen-bond acceptors (Lipinski definition) is 3. The number of nitrogens with zero attached hydrogens (tertiary/aromatic N) is 3. The molecular formula is C13H13F2N3. The Bertz CT molecular complexity index is 474. The van der Waals surface area contributed by atoms with Crippen molar-refractivity contribution in [1.82, 2.24) is 0 Å². The normalized spacial score (nSPS) is 9.56. The maximum absolute atomic E-state index is 13.1. The molecular weight excluding hydrogens is 236 g/mol. The SMILES string of the molecule is N#Cc1cc(N(C#N)CCCCCF)ccc1F. The Hall–Kier alpha value is -2.14. The van der Waals surface area contributed by atoms with Crippen molar-refractivity contribution in [1.29, 1.82) is 10.5 Å². The monoisotopic (exact) mass is 249 g/mol. The third-order valence-corrected chi connectivity index (χ3v) is 2.52. The largest absolute Gasteiger partial charge is 0.279 e. The van der Waals surface area contributed by atoms with Gasteiger partial charge in [0.05, 0.1) is 17.9 Å². The van der Waals surface area contributed by atoms with Gasteiger partial charge >= 0.3 is 0 Å². The average molecular weight is 249 g/mol. The third-order valence-electron chi connectivity index (χ3n) is 2.52. The molecule has 94 valence electrons. The van der Waals surface area contributed by atoms with E-state index < -0.39 is 5.82 Å². The maximum atomic E-state index is 13.1. The van der Waals surface area contributed by atoms with E-state index in [4.69, 9.17) is 10.5 Å². The second kappa shape index (κ2) is 7.24. The molecule has 0 atom stereocenters. The first-order valence-electron chi connectivity index (χ1n) is 5.65. The van der Waals surface area contributed by atoms with Crippen LogP contribution in [0.15, 0.2) is 18.2 Å². The topological polar surface area (TPSA) is 50.8 Å². The van der Waals surface area contributed by atoms with Crippen LogP contribution in [0.25, 0.3) is 0 Å². The van der Waals surface area contributed by atoms with Gasteiger partial charge in [-0.2, -0.15) is 10.5 Å². The molecule has 0 spiro atoms. The second-order valence-electron chi connectivity index (χ2n) is 3.78. The Kier molecular flexibility index (Phi) is 5.60. The van der Waals surface area contributed by atoms with E-state index in [1.54, 1.807) is 6.07 Å². The highest BCUT2D eigenvalue weighted by molar-refractivity contribution is 5.54. The zero-order valence-electron chi connectivity index (χ0n) is 9.87. The highest BCUT2D eigenvalue weighted by Crippen LogP contribution is 2.18. The molecule has 0 aromatic heterocycles. The second-order valence-corrected chi connectivity index (χ2v) is 3.78. The predicted molar refractivity (Wildman–Crippen MR) is 63.9 cm³/mol. The molecule has 0 aliphatic heterocycles. The van der Waals surface area contributed by atoms with Gasteiger partial charge in [-0.1, -0.05) is 0 Å². The van der Waals surface area contributed by atoms with Crippen molar-refractivity contribution in [2.45, 2.75) is 19.3 Å². The lowest BCUT2D eigenvalue weighted by atomic mass is 10.2. The van der Waals surface area contributed by atoms with Crippen molar-refractivity contribution < 1.29 is 8.78 Å². The number of rotatable bonds is 6. The minimum Gasteiger partial charge on any atom is -0.279 e. The van der Waals surface area contributed by atoms with Gasteiger partial charge in [-0.15, -0.1) is 0 Å². The molecule has 0 fully saturated rings. The maximum Gasteiger partial charge on any atom is 0.184 e. The molecule has 0 amide bonds. The fourth-order valence-electron chi connectivity index (χ4n) is 1.54. The van der Waals surface area contributed by atoms with Gasteiger partial charge in [-0.25, -0.2) is 4.39 Å². The summed E-state index contributed by atoms with van der Waals surface area (Å²) in [6, 6.07) is 5.69. The Labute approximate surface area is 105 Å². The van der Waals surface area contributed by atoms with Gasteiger partial charge in [0.15, 0.2) is 6.19 Å². The van der Waals surface area contributed by atoms with Crippen LogP contribution in [0, 0.1) is 28.6 Å². The number of benzene rings is 1. The molecule has 0 N–H and O–H groups in total. The molecule has 0 bridgehead atoms. The number of anilines is 1. The van der Waals surface area contributed by atoms with Crippen LogP contribution in [0.4, 0.5) is 14.5 Å². The minimum absolute atomic E-state index is 0.0866. The molecule has 1 rings (SSSR count). The number of alkyl halides is 1. The van der Waals surface area contributed by atoms with Gasteiger partial charge in [-0.3, -0.25) is 9.29 Å². The van der Waals surface area contributed by atoms with E-state index in [-0.39, 0.29) is 12.2 Å². The van der Waals surface area contributed by atoms with Crippen LogP contribution < -0.4 is 4.90 Å². The average Bonchev–Trinajstić information content (AvgIpc) is 2.40. The lowest BCUT2D eigenvalue weighted by Gasteiger charge is -2.15. The summed E-state index contributed by atoms with van der Waals surface area (Å²) in [5.41, 5.74) is 0.396. The van der Waals surface area contributed by atoms with Crippen LogP contribution in [-0.4, -0.2) is 13.2 Å². The first-order valence-corrected chi connectivity index (χ1v) is 5.65. The van der Waals surface area contributed by atoms with E-state index in [0.29, 0.717) is 31.5 Å². The molecule has 1 aromatic carbocycles. The van der Waals surface area contributed by atoms with Crippen LogP contribution in [0.3, 0.4) is 0 Å². The van der Waals surface area contributed by atoms with Crippen molar-refractivity contribution in [2.75, 3.05) is 18.1 Å². The number of nitriles is 2. The van der Waals surface area contributed by atoms with E-state index in [9.17, 15) is 8.78 Å². The number of halogens is 2. The molecule has 5 heteroatoms. The zero-order chi connectivity index (χ0) is 13.4. The van der Waals surface area contributed by atoms with Crippen LogP contribution in [0.1, 0.15) is 24.8 Å². The van der Waals surface area contributed by atoms with Gasteiger partial charge in [0, 0.05) is 6.54 Å². The Morgan fingerprint density at radius 1 is 1.17 bits per heavy atom. The van der Waals surface area contributed by atoms with Crippen molar-refractivity contribution in [2.24, 2.45) is 0 Å². The van der Waals surface area contributed by atoms with E-state index in [1.165, 1.54) is 23.1 Å². The lowest BCUT2D eigenvalue weighted by molar-refractivity contribution is 0.457. The molecule has 0 radical (unpaired) electrons. The highest BCUT2D eigenvalue weighted by atomic mass is 19.1. The van der Waals surface area contributed by atoms with E-state index in [0.717, 1.165) is 0 Å². The van der Waals surface area contributed by atoms with E-state index >= 15 is 0 Å². The lowest BCUT2D eigenvalue weighted by Crippen LogP contribution is -2.18. The quantitative estimate of drug-likeness (QED) is 0.442. The molecule has 0 heterocycles. The summed E-state index contributed by atoms with van der Waals surface area (Å²) in [7, 11) is 0. The van der Waals surface area contributed by atoms with Gasteiger partial charge in [0.2, 0.25) is 0 Å². The molecule has 18 heavy (non-hydrogen) atoms. The number of hydrogen-bond donors (Lipinski definition) is 0. The first-order chi connectivity index (χ1) is 8.72. The van der Waals surface area contributed by atoms with Crippen molar-refractivity contribution >= 4 is 5.69 Å². The van der Waals surface area contributed by atoms with Gasteiger partial charge in [0.25, 0.3) is 0 Å². The minimum atomic E-state index is -0.600. The number of unbranched alkanes of at least 4 members (excludes halogenated alkanes) is 2. The summed E-state index contributed by atoms with van der Waals surface area (Å²) in [5.74, 6) is -0.600. The van der Waals surface area contributed by atoms with Crippen molar-refractivity contribution in [3.05, 3.63) is 29.6 Å². The van der Waals surface area contributed by atoms with Crippen LogP contribution in [-0.2, 0) is 0 Å². The van der Waals surface area contributed by atoms with Crippen molar-refractivity contribution in [3.63, 3.8) is 0 Å².